The van der Waals surface area contributed by atoms with E-state index < -0.39 is 15.1 Å². The molecule has 0 atom stereocenters. The van der Waals surface area contributed by atoms with Crippen LogP contribution in [0.4, 0.5) is 16.2 Å². The number of rotatable bonds is 3. The number of pyridine rings is 1. The first-order valence-corrected chi connectivity index (χ1v) is 8.27. The first kappa shape index (κ1) is 18.5. The summed E-state index contributed by atoms with van der Waals surface area (Å²) in [5.41, 5.74) is 0.811. The monoisotopic (exact) mass is 381 g/mol. The highest BCUT2D eigenvalue weighted by Crippen LogP contribution is 2.27. The molecule has 2 rings (SSSR count). The minimum atomic E-state index is -3.87. The molecule has 0 spiro atoms. The fraction of sp³-hybridized carbons (Fsp3) is 0. The second kappa shape index (κ2) is 7.64. The summed E-state index contributed by atoms with van der Waals surface area (Å²) >= 11 is 5.91. The molecular weight excluding hydrogens is 373 g/mol. The van der Waals surface area contributed by atoms with Crippen molar-refractivity contribution in [3.63, 3.8) is 0 Å². The molecule has 10 heteroatoms. The highest BCUT2D eigenvalue weighted by atomic mass is 35.7. The van der Waals surface area contributed by atoms with E-state index >= 15 is 0 Å². The van der Waals surface area contributed by atoms with Gasteiger partial charge in [-0.1, -0.05) is 11.6 Å². The zero-order valence-corrected chi connectivity index (χ0v) is 13.9. The first-order valence-electron chi connectivity index (χ1n) is 5.58. The van der Waals surface area contributed by atoms with Crippen LogP contribution in [0.25, 0.3) is 0 Å². The Morgan fingerprint density at radius 1 is 1.09 bits per heavy atom. The van der Waals surface area contributed by atoms with Gasteiger partial charge in [-0.2, -0.15) is 0 Å². The maximum atomic E-state index is 11.8. The van der Waals surface area contributed by atoms with Crippen LogP contribution in [-0.4, -0.2) is 19.4 Å². The molecule has 0 saturated carbocycles. The van der Waals surface area contributed by atoms with E-state index in [0.717, 1.165) is 6.07 Å². The largest absolute Gasteiger partial charge is 0.323 e. The average molecular weight is 383 g/mol. The Kier molecular flexibility index (Phi) is 6.43. The number of hydrogen-bond donors (Lipinski definition) is 2. The number of carbonyl (C=O) groups excluding carboxylic acids is 1. The van der Waals surface area contributed by atoms with Crippen molar-refractivity contribution in [1.29, 1.82) is 0 Å². The maximum Gasteiger partial charge on any atom is 0.323 e. The maximum absolute atomic E-state index is 11.8. The summed E-state index contributed by atoms with van der Waals surface area (Å²) in [5, 5.41) is 5.12. The lowest BCUT2D eigenvalue weighted by molar-refractivity contribution is 0.262. The van der Waals surface area contributed by atoms with Crippen LogP contribution in [0.15, 0.2) is 47.6 Å². The Labute approximate surface area is 142 Å². The molecule has 0 bridgehead atoms. The van der Waals surface area contributed by atoms with Crippen LogP contribution in [0.5, 0.6) is 0 Å². The lowest BCUT2D eigenvalue weighted by Gasteiger charge is -2.09. The van der Waals surface area contributed by atoms with E-state index in [9.17, 15) is 13.2 Å². The number of nitrogens with zero attached hydrogens (tertiary/aromatic N) is 1. The Bertz CT molecular complexity index is 770. The number of halogens is 3. The second-order valence-electron chi connectivity index (χ2n) is 3.89. The topological polar surface area (TPSA) is 88.2 Å². The number of benzene rings is 1. The number of anilines is 2. The van der Waals surface area contributed by atoms with E-state index in [4.69, 9.17) is 22.3 Å². The number of aromatic nitrogens is 1. The molecule has 0 radical (unpaired) electrons. The first-order chi connectivity index (χ1) is 9.86. The summed E-state index contributed by atoms with van der Waals surface area (Å²) in [7, 11) is 1.34. The highest BCUT2D eigenvalue weighted by Gasteiger charge is 2.13. The molecule has 1 aromatic heterocycles. The van der Waals surface area contributed by atoms with Gasteiger partial charge in [-0.3, -0.25) is 4.98 Å². The third-order valence-corrected chi connectivity index (χ3v) is 4.07. The van der Waals surface area contributed by atoms with Crippen molar-refractivity contribution in [1.82, 2.24) is 4.98 Å². The molecule has 2 aromatic rings. The quantitative estimate of drug-likeness (QED) is 0.792. The predicted octanol–water partition coefficient (Wildman–Crippen LogP) is 3.73. The number of nitrogens with one attached hydrogen (secondary N) is 2. The van der Waals surface area contributed by atoms with Gasteiger partial charge in [0.15, 0.2) is 0 Å². The predicted molar refractivity (Wildman–Crippen MR) is 88.6 cm³/mol. The number of urea groups is 1. The van der Waals surface area contributed by atoms with Crippen molar-refractivity contribution in [3.05, 3.63) is 47.7 Å². The van der Waals surface area contributed by atoms with E-state index in [1.54, 1.807) is 12.1 Å². The molecule has 0 unspecified atom stereocenters. The molecule has 6 nitrogen and oxygen atoms in total. The highest BCUT2D eigenvalue weighted by molar-refractivity contribution is 8.13. The van der Waals surface area contributed by atoms with Gasteiger partial charge in [-0.25, -0.2) is 13.2 Å². The van der Waals surface area contributed by atoms with E-state index in [-0.39, 0.29) is 28.0 Å². The molecule has 22 heavy (non-hydrogen) atoms. The van der Waals surface area contributed by atoms with Gasteiger partial charge in [-0.05, 0) is 30.3 Å². The molecule has 0 saturated heterocycles. The number of hydrogen-bond acceptors (Lipinski definition) is 4. The zero-order chi connectivity index (χ0) is 15.5. The van der Waals surface area contributed by atoms with Crippen LogP contribution in [0.1, 0.15) is 0 Å². The summed E-state index contributed by atoms with van der Waals surface area (Å²) in [5.74, 6) is 0. The molecule has 0 aliphatic carbocycles. The van der Waals surface area contributed by atoms with Crippen molar-refractivity contribution in [2.24, 2.45) is 0 Å². The van der Waals surface area contributed by atoms with Gasteiger partial charge in [-0.15, -0.1) is 12.4 Å². The van der Waals surface area contributed by atoms with Crippen molar-refractivity contribution in [3.8, 4) is 0 Å². The van der Waals surface area contributed by atoms with Crippen LogP contribution in [0.2, 0.25) is 5.02 Å². The number of carbonyl (C=O) groups is 1. The SMILES string of the molecule is Cl.O=C(Nc1ccncc1)Nc1ccc(S(=O)(=O)Cl)cc1Cl. The lowest BCUT2D eigenvalue weighted by Crippen LogP contribution is -2.19. The Morgan fingerprint density at radius 2 is 1.73 bits per heavy atom. The molecule has 1 heterocycles. The zero-order valence-electron chi connectivity index (χ0n) is 10.8. The Morgan fingerprint density at radius 3 is 2.27 bits per heavy atom. The lowest BCUT2D eigenvalue weighted by atomic mass is 10.3. The number of amides is 2. The average Bonchev–Trinajstić information content (AvgIpc) is 2.41. The molecule has 2 N–H and O–H groups in total. The summed E-state index contributed by atoms with van der Waals surface area (Å²) < 4.78 is 22.3. The minimum absolute atomic E-state index is 0. The molecule has 0 aliphatic heterocycles. The van der Waals surface area contributed by atoms with Crippen LogP contribution >= 0.6 is 34.7 Å². The molecule has 118 valence electrons. The fourth-order valence-electron chi connectivity index (χ4n) is 1.47. The minimum Gasteiger partial charge on any atom is -0.308 e. The van der Waals surface area contributed by atoms with Gasteiger partial charge in [0.05, 0.1) is 15.6 Å². The van der Waals surface area contributed by atoms with Gasteiger partial charge in [0.25, 0.3) is 9.05 Å². The van der Waals surface area contributed by atoms with Crippen LogP contribution in [0, 0.1) is 0 Å². The van der Waals surface area contributed by atoms with E-state index in [0.29, 0.717) is 5.69 Å². The van der Waals surface area contributed by atoms with Gasteiger partial charge in [0.1, 0.15) is 0 Å². The van der Waals surface area contributed by atoms with E-state index in [1.807, 2.05) is 0 Å². The van der Waals surface area contributed by atoms with E-state index in [1.165, 1.54) is 24.5 Å². The van der Waals surface area contributed by atoms with Crippen molar-refractivity contribution in [2.45, 2.75) is 4.90 Å². The van der Waals surface area contributed by atoms with Gasteiger partial charge >= 0.3 is 6.03 Å². The third-order valence-electron chi connectivity index (χ3n) is 2.41. The van der Waals surface area contributed by atoms with Crippen molar-refractivity contribution >= 4 is 61.1 Å². The Hall–Kier alpha value is -1.54. The normalized spacial score (nSPS) is 10.5. The van der Waals surface area contributed by atoms with Gasteiger partial charge in [0, 0.05) is 28.8 Å². The molecule has 0 aliphatic rings. The van der Waals surface area contributed by atoms with Crippen molar-refractivity contribution < 1.29 is 13.2 Å². The standard InChI is InChI=1S/C12H9Cl2N3O3S.ClH/c13-10-7-9(21(14,19)20)1-2-11(10)17-12(18)16-8-3-5-15-6-4-8;/h1-7H,(H2,15,16,17,18);1H. The smallest absolute Gasteiger partial charge is 0.308 e. The summed E-state index contributed by atoms with van der Waals surface area (Å²) in [6.07, 6.45) is 3.06. The van der Waals surface area contributed by atoms with Crippen LogP contribution < -0.4 is 10.6 Å². The summed E-state index contributed by atoms with van der Waals surface area (Å²) in [4.78, 5) is 15.4. The fourth-order valence-corrected chi connectivity index (χ4v) is 2.54. The van der Waals surface area contributed by atoms with E-state index in [2.05, 4.69) is 15.6 Å². The van der Waals surface area contributed by atoms with Crippen molar-refractivity contribution in [2.75, 3.05) is 10.6 Å². The van der Waals surface area contributed by atoms with Crippen LogP contribution in [0.3, 0.4) is 0 Å². The molecule has 2 amide bonds. The Balaban J connectivity index is 0.00000242. The third kappa shape index (κ3) is 5.03. The molecule has 0 fully saturated rings. The molecular formula is C12H10Cl3N3O3S. The van der Waals surface area contributed by atoms with Crippen LogP contribution in [-0.2, 0) is 9.05 Å². The second-order valence-corrected chi connectivity index (χ2v) is 6.87. The summed E-state index contributed by atoms with van der Waals surface area (Å²) in [6.45, 7) is 0. The molecule has 1 aromatic carbocycles. The summed E-state index contributed by atoms with van der Waals surface area (Å²) in [6, 6.07) is 6.46. The van der Waals surface area contributed by atoms with Gasteiger partial charge in [0.2, 0.25) is 0 Å². The van der Waals surface area contributed by atoms with Gasteiger partial charge < -0.3 is 10.6 Å².